The molecule has 1 rings (SSSR count). The Balaban J connectivity index is 2.63. The summed E-state index contributed by atoms with van der Waals surface area (Å²) in [5.74, 6) is 0.199. The van der Waals surface area contributed by atoms with Crippen molar-refractivity contribution in [3.8, 4) is 5.75 Å². The fraction of sp³-hybridized carbons (Fsp3) is 0.300. The highest BCUT2D eigenvalue weighted by Gasteiger charge is 2.34. The fourth-order valence-corrected chi connectivity index (χ4v) is 1.66. The first kappa shape index (κ1) is 10.9. The summed E-state index contributed by atoms with van der Waals surface area (Å²) in [6.45, 7) is 3.40. The number of carbonyl (C=O) groups is 1. The van der Waals surface area contributed by atoms with Crippen LogP contribution in [0.2, 0.25) is 0 Å². The number of carbonyl (C=O) groups excluding carboxylic acids is 1. The van der Waals surface area contributed by atoms with Gasteiger partial charge in [-0.3, -0.25) is 0 Å². The van der Waals surface area contributed by atoms with Gasteiger partial charge in [-0.25, -0.2) is 9.32 Å². The molecule has 0 N–H and O–H groups in total. The largest absolute Gasteiger partial charge is 0.636 e. The zero-order valence-corrected chi connectivity index (χ0v) is 9.03. The molecule has 0 aromatic heterocycles. The molecule has 1 atom stereocenters. The lowest BCUT2D eigenvalue weighted by molar-refractivity contribution is -0.114. The second-order valence-electron chi connectivity index (χ2n) is 3.15. The quantitative estimate of drug-likeness (QED) is 0.719. The van der Waals surface area contributed by atoms with Gasteiger partial charge in [-0.05, 0) is 16.7 Å². The molecule has 0 saturated heterocycles. The minimum atomic E-state index is -2.25. The Hall–Kier alpha value is -1.21. The minimum absolute atomic E-state index is 0.262. The van der Waals surface area contributed by atoms with E-state index in [0.29, 0.717) is 5.75 Å². The van der Waals surface area contributed by atoms with Gasteiger partial charge in [0, 0.05) is 0 Å². The van der Waals surface area contributed by atoms with Gasteiger partial charge in [-0.15, -0.1) is 0 Å². The molecule has 74 valence electrons. The average molecular weight is 211 g/mol. The van der Waals surface area contributed by atoms with Crippen molar-refractivity contribution in [2.24, 2.45) is 5.92 Å². The number of benzene rings is 1. The van der Waals surface area contributed by atoms with Crippen molar-refractivity contribution in [2.45, 2.75) is 13.8 Å². The molecule has 4 heteroatoms. The summed E-state index contributed by atoms with van der Waals surface area (Å²) >= 11 is 0. The van der Waals surface area contributed by atoms with E-state index in [9.17, 15) is 9.36 Å². The molecule has 0 radical (unpaired) electrons. The van der Waals surface area contributed by atoms with E-state index >= 15 is 0 Å². The molecule has 0 spiro atoms. The molecule has 0 aliphatic heterocycles. The molecule has 0 saturated carbocycles. The fourth-order valence-electron chi connectivity index (χ4n) is 0.833. The summed E-state index contributed by atoms with van der Waals surface area (Å²) in [7, 11) is -2.25. The van der Waals surface area contributed by atoms with E-state index in [1.165, 1.54) is 0 Å². The van der Waals surface area contributed by atoms with Crippen LogP contribution in [0.5, 0.6) is 5.75 Å². The average Bonchev–Trinajstić information content (AvgIpc) is 2.18. The SMILES string of the molecule is CC(C)C(=O)[P+](=O)Oc1ccccc1. The van der Waals surface area contributed by atoms with Crippen LogP contribution in [-0.4, -0.2) is 5.52 Å². The van der Waals surface area contributed by atoms with Crippen LogP contribution in [0.3, 0.4) is 0 Å². The van der Waals surface area contributed by atoms with Gasteiger partial charge in [-0.1, -0.05) is 32.0 Å². The molecule has 1 unspecified atom stereocenters. The number of hydrogen-bond acceptors (Lipinski definition) is 3. The maximum Gasteiger partial charge on any atom is 0.636 e. The topological polar surface area (TPSA) is 43.4 Å². The number of rotatable bonds is 4. The first-order valence-electron chi connectivity index (χ1n) is 4.35. The third-order valence-corrected chi connectivity index (χ3v) is 2.86. The highest BCUT2D eigenvalue weighted by molar-refractivity contribution is 7.59. The van der Waals surface area contributed by atoms with Gasteiger partial charge in [0.25, 0.3) is 0 Å². The Morgan fingerprint density at radius 1 is 1.29 bits per heavy atom. The summed E-state index contributed by atoms with van der Waals surface area (Å²) in [6, 6.07) is 8.68. The van der Waals surface area contributed by atoms with Crippen molar-refractivity contribution in [2.75, 3.05) is 0 Å². The van der Waals surface area contributed by atoms with Crippen LogP contribution in [0.25, 0.3) is 0 Å². The second-order valence-corrected chi connectivity index (χ2v) is 4.29. The zero-order valence-electron chi connectivity index (χ0n) is 8.14. The van der Waals surface area contributed by atoms with Gasteiger partial charge in [0.05, 0.1) is 5.92 Å². The normalized spacial score (nSPS) is 11.2. The Kier molecular flexibility index (Phi) is 3.78. The molecule has 0 heterocycles. The van der Waals surface area contributed by atoms with E-state index in [-0.39, 0.29) is 11.4 Å². The molecule has 0 fully saturated rings. The lowest BCUT2D eigenvalue weighted by Crippen LogP contribution is -2.03. The Bertz CT molecular complexity index is 332. The molecule has 14 heavy (non-hydrogen) atoms. The predicted molar refractivity (Wildman–Crippen MR) is 54.5 cm³/mol. The van der Waals surface area contributed by atoms with Gasteiger partial charge < -0.3 is 0 Å². The predicted octanol–water partition coefficient (Wildman–Crippen LogP) is 2.99. The molecule has 0 bridgehead atoms. The van der Waals surface area contributed by atoms with Crippen molar-refractivity contribution >= 4 is 13.6 Å². The van der Waals surface area contributed by atoms with Crippen molar-refractivity contribution in [1.29, 1.82) is 0 Å². The monoisotopic (exact) mass is 211 g/mol. The standard InChI is InChI=1S/C10H12O3P/c1-8(2)10(11)14(12)13-9-6-4-3-5-7-9/h3-8H,1-2H3/q+1. The third-order valence-electron chi connectivity index (χ3n) is 1.61. The highest BCUT2D eigenvalue weighted by atomic mass is 31.1. The van der Waals surface area contributed by atoms with Crippen LogP contribution in [-0.2, 0) is 9.36 Å². The zero-order chi connectivity index (χ0) is 10.6. The molecular formula is C10H12O3P+. The smallest absolute Gasteiger partial charge is 0.248 e. The minimum Gasteiger partial charge on any atom is -0.248 e. The molecule has 1 aromatic carbocycles. The maximum atomic E-state index is 11.3. The van der Waals surface area contributed by atoms with Crippen molar-refractivity contribution in [3.05, 3.63) is 30.3 Å². The Labute approximate surface area is 84.0 Å². The van der Waals surface area contributed by atoms with Crippen LogP contribution >= 0.6 is 8.03 Å². The van der Waals surface area contributed by atoms with E-state index in [0.717, 1.165) is 0 Å². The van der Waals surface area contributed by atoms with E-state index in [4.69, 9.17) is 4.52 Å². The third kappa shape index (κ3) is 2.93. The molecule has 0 amide bonds. The lowest BCUT2D eigenvalue weighted by atomic mass is 10.3. The van der Waals surface area contributed by atoms with Gasteiger partial charge in [-0.2, -0.15) is 0 Å². The lowest BCUT2D eigenvalue weighted by Gasteiger charge is -1.93. The molecule has 1 aromatic rings. The Morgan fingerprint density at radius 3 is 2.36 bits per heavy atom. The van der Waals surface area contributed by atoms with Gasteiger partial charge in [0.15, 0.2) is 5.75 Å². The first-order chi connectivity index (χ1) is 6.61. The summed E-state index contributed by atoms with van der Waals surface area (Å²) < 4.78 is 16.3. The maximum absolute atomic E-state index is 11.3. The Morgan fingerprint density at radius 2 is 1.86 bits per heavy atom. The van der Waals surface area contributed by atoms with E-state index < -0.39 is 8.03 Å². The highest BCUT2D eigenvalue weighted by Crippen LogP contribution is 2.29. The van der Waals surface area contributed by atoms with Crippen LogP contribution in [0.15, 0.2) is 30.3 Å². The van der Waals surface area contributed by atoms with Crippen molar-refractivity contribution < 1.29 is 13.9 Å². The molecule has 0 aliphatic rings. The molecule has 0 aliphatic carbocycles. The van der Waals surface area contributed by atoms with Crippen LogP contribution in [0.1, 0.15) is 13.8 Å². The van der Waals surface area contributed by atoms with Crippen molar-refractivity contribution in [3.63, 3.8) is 0 Å². The van der Waals surface area contributed by atoms with Crippen molar-refractivity contribution in [1.82, 2.24) is 0 Å². The van der Waals surface area contributed by atoms with Gasteiger partial charge in [0.2, 0.25) is 0 Å². The van der Waals surface area contributed by atoms with Crippen LogP contribution in [0.4, 0.5) is 0 Å². The van der Waals surface area contributed by atoms with Gasteiger partial charge in [0.1, 0.15) is 0 Å². The molecular weight excluding hydrogens is 199 g/mol. The summed E-state index contributed by atoms with van der Waals surface area (Å²) in [4.78, 5) is 11.2. The first-order valence-corrected chi connectivity index (χ1v) is 5.53. The summed E-state index contributed by atoms with van der Waals surface area (Å²) in [5.41, 5.74) is -0.358. The van der Waals surface area contributed by atoms with E-state index in [2.05, 4.69) is 0 Å². The number of para-hydroxylation sites is 1. The van der Waals surface area contributed by atoms with E-state index in [1.807, 2.05) is 6.07 Å². The molecule has 3 nitrogen and oxygen atoms in total. The van der Waals surface area contributed by atoms with Crippen LogP contribution < -0.4 is 4.52 Å². The van der Waals surface area contributed by atoms with Crippen LogP contribution in [0, 0.1) is 5.92 Å². The second kappa shape index (κ2) is 4.87. The number of hydrogen-bond donors (Lipinski definition) is 0. The van der Waals surface area contributed by atoms with Gasteiger partial charge >= 0.3 is 13.6 Å². The summed E-state index contributed by atoms with van der Waals surface area (Å²) in [5, 5.41) is 0. The van der Waals surface area contributed by atoms with E-state index in [1.54, 1.807) is 38.1 Å². The summed E-state index contributed by atoms with van der Waals surface area (Å²) in [6.07, 6.45) is 0.